The van der Waals surface area contributed by atoms with Gasteiger partial charge in [0.2, 0.25) is 0 Å². The van der Waals surface area contributed by atoms with E-state index in [1.165, 1.54) is 13.7 Å². The zero-order valence-corrected chi connectivity index (χ0v) is 59.6. The van der Waals surface area contributed by atoms with Gasteiger partial charge in [0.1, 0.15) is 54.9 Å². The van der Waals surface area contributed by atoms with Crippen molar-refractivity contribution in [2.45, 2.75) is 116 Å². The molecule has 0 saturated heterocycles. The molecule has 3 aromatic rings. The number of aliphatic hydroxyl groups excluding tert-OH is 12. The zero-order chi connectivity index (χ0) is 64.1. The average Bonchev–Trinajstić information content (AvgIpc) is 1.15. The van der Waals surface area contributed by atoms with E-state index in [1.807, 2.05) is 41.5 Å². The van der Waals surface area contributed by atoms with Gasteiger partial charge in [0.05, 0.1) is 72.6 Å². The maximum absolute atomic E-state index is 12.2. The molecule has 9 atom stereocenters. The van der Waals surface area contributed by atoms with Gasteiger partial charge in [0.25, 0.3) is 16.7 Å². The normalized spacial score (nSPS) is 14.5. The molecule has 15 N–H and O–H groups in total. The number of H-pyrrole nitrogens is 3. The van der Waals surface area contributed by atoms with Crippen LogP contribution in [-0.4, -0.2) is 195 Å². The summed E-state index contributed by atoms with van der Waals surface area (Å²) in [4.78, 5) is 128. The topological polar surface area (TPSA) is 571 Å². The van der Waals surface area contributed by atoms with Crippen molar-refractivity contribution in [3.05, 3.63) is 132 Å². The number of hydrogen-bond acceptors (Lipinski definition) is 28. The van der Waals surface area contributed by atoms with Gasteiger partial charge in [-0.2, -0.15) is 22.8 Å². The molecule has 38 heteroatoms. The van der Waals surface area contributed by atoms with Gasteiger partial charge in [0, 0.05) is 0 Å². The Morgan fingerprint density at radius 2 is 0.596 bits per heavy atom. The van der Waals surface area contributed by atoms with E-state index in [2.05, 4.69) is 44.9 Å². The predicted octanol–water partition coefficient (Wildman–Crippen LogP) is -17.0. The average molecular weight is 1340 g/mol. The minimum atomic E-state index is -5.39. The predicted molar refractivity (Wildman–Crippen MR) is 294 cm³/mol. The minimum Gasteiger partial charge on any atom is -0.822 e. The quantitative estimate of drug-likeness (QED) is 0.0257. The summed E-state index contributed by atoms with van der Waals surface area (Å²) in [5.74, 6) is -0.155. The fourth-order valence-electron chi connectivity index (χ4n) is 8.68. The van der Waals surface area contributed by atoms with E-state index in [1.54, 1.807) is 36.4 Å². The standard InChI is InChI=1S/3C17H20N4O6.3K.H3O4P/c3*1-7-3-9-10(4-8(7)2)21(5-11(23)14(25)12(24)6-22)15-13(18-9)16(26)20-17(27)19-15;;;;1-5(2,3)4/h3*3-4,11-12,14,22-25H,5-6H2,1-2H3,(H,20,26,27);;;;(H3,1,2,3,4)/q;;;3*+1;/p-3/t3*11-,12+,14-;;;;/m111..../s1. The van der Waals surface area contributed by atoms with Crippen molar-refractivity contribution < 1.29 is 235 Å². The van der Waals surface area contributed by atoms with E-state index in [4.69, 9.17) is 34.6 Å². The number of aromatic amines is 3. The molecule has 0 aliphatic carbocycles. The molecular formula is C51H60K3N12O22P. The van der Waals surface area contributed by atoms with Crippen molar-refractivity contribution in [2.24, 2.45) is 0 Å². The summed E-state index contributed by atoms with van der Waals surface area (Å²) < 4.78 is 12.8. The summed E-state index contributed by atoms with van der Waals surface area (Å²) >= 11 is 0. The largest absolute Gasteiger partial charge is 1.00 e. The Bertz CT molecular complexity index is 3840. The second-order valence-electron chi connectivity index (χ2n) is 19.9. The molecule has 0 amide bonds. The van der Waals surface area contributed by atoms with Gasteiger partial charge in [-0.15, -0.1) is 0 Å². The van der Waals surface area contributed by atoms with Gasteiger partial charge < -0.3 is 94.2 Å². The van der Waals surface area contributed by atoms with Crippen molar-refractivity contribution in [2.75, 3.05) is 19.8 Å². The van der Waals surface area contributed by atoms with Crippen molar-refractivity contribution in [1.82, 2.24) is 58.6 Å². The Morgan fingerprint density at radius 1 is 0.393 bits per heavy atom. The maximum atomic E-state index is 12.2. The van der Waals surface area contributed by atoms with Crippen LogP contribution in [0.4, 0.5) is 0 Å². The van der Waals surface area contributed by atoms with Crippen LogP contribution in [0.1, 0.15) is 33.4 Å². The summed E-state index contributed by atoms with van der Waals surface area (Å²) in [5, 5.41) is 116. The van der Waals surface area contributed by atoms with Crippen molar-refractivity contribution >= 4 is 40.9 Å². The number of rotatable bonds is 15. The van der Waals surface area contributed by atoms with Crippen LogP contribution in [-0.2, 0) is 24.2 Å². The van der Waals surface area contributed by atoms with Crippen molar-refractivity contribution in [3.8, 4) is 34.6 Å². The minimum absolute atomic E-state index is 0. The van der Waals surface area contributed by atoms with Crippen LogP contribution in [0.5, 0.6) is 0 Å². The summed E-state index contributed by atoms with van der Waals surface area (Å²) in [6.07, 6.45) is -14.0. The molecule has 3 aromatic carbocycles. The Balaban J connectivity index is 0.000000330. The number of nitrogens with one attached hydrogen (secondary N) is 3. The molecule has 464 valence electrons. The van der Waals surface area contributed by atoms with E-state index in [9.17, 15) is 74.7 Å². The molecule has 34 nitrogen and oxygen atoms in total. The number of aliphatic hydroxyl groups is 12. The molecule has 0 saturated carbocycles. The van der Waals surface area contributed by atoms with Crippen LogP contribution in [0.25, 0.3) is 67.7 Å². The Hall–Kier alpha value is -2.96. The van der Waals surface area contributed by atoms with Crippen LogP contribution in [0.3, 0.4) is 0 Å². The first-order valence-corrected chi connectivity index (χ1v) is 27.1. The number of phosphoric acid groups is 1. The number of hydrogen-bond donors (Lipinski definition) is 15. The molecule has 6 aliphatic heterocycles. The summed E-state index contributed by atoms with van der Waals surface area (Å²) in [6, 6.07) is 10.6. The van der Waals surface area contributed by atoms with Gasteiger partial charge in [0.15, 0.2) is 34.6 Å². The number of benzene rings is 3. The number of nitrogens with zero attached hydrogens (tertiary/aromatic N) is 9. The fourth-order valence-corrected chi connectivity index (χ4v) is 8.68. The van der Waals surface area contributed by atoms with E-state index in [0.717, 1.165) is 33.4 Å². The molecular weight excluding hydrogens is 1280 g/mol. The molecule has 0 aromatic heterocycles. The van der Waals surface area contributed by atoms with Crippen LogP contribution in [0.15, 0.2) is 65.2 Å². The van der Waals surface area contributed by atoms with Gasteiger partial charge in [-0.3, -0.25) is 29.3 Å². The monoisotopic (exact) mass is 1340 g/mol. The molecule has 89 heavy (non-hydrogen) atoms. The number of aryl methyl sites for hydroxylation is 6. The first kappa shape index (κ1) is 80.3. The first-order chi connectivity index (χ1) is 40.2. The Kier molecular flexibility index (Phi) is 31.1. The SMILES string of the molecule is Cc1cc2nc3c(=O)[nH]c(=O)nc-3n(C[C@@H](O)[C@@H](O)[C@@H](O)CO)c2cc1C.Cc1cc2nc3c(=O)[nH]c(=O)nc-3n(C[C@@H](O)[C@@H](O)[C@@H](O)CO)c2cc1C.Cc1cc2nc3c(=O)[nH]c(=O)nc-3n(C[C@@H](O)[C@@H](O)[C@@H](O)CO)c2cc1C.O=P([O-])([O-])[O-].[K+].[K+].[K+]. The van der Waals surface area contributed by atoms with Gasteiger partial charge in [-0.25, -0.2) is 29.3 Å². The van der Waals surface area contributed by atoms with Crippen molar-refractivity contribution in [3.63, 3.8) is 0 Å². The summed E-state index contributed by atoms with van der Waals surface area (Å²) in [5.41, 5.74) is 3.34. The number of fused-ring (bicyclic) bond motifs is 6. The smallest absolute Gasteiger partial charge is 0.822 e. The second kappa shape index (κ2) is 34.4. The molecule has 0 bridgehead atoms. The molecule has 6 aliphatic rings. The third kappa shape index (κ3) is 20.0. The van der Waals surface area contributed by atoms with Gasteiger partial charge in [-0.05, 0) is 111 Å². The van der Waals surface area contributed by atoms with E-state index >= 15 is 0 Å². The van der Waals surface area contributed by atoms with Crippen LogP contribution < -0.4 is 203 Å². The number of aromatic nitrogens is 12. The van der Waals surface area contributed by atoms with E-state index in [0.29, 0.717) is 33.1 Å². The Labute approximate surface area is 628 Å². The summed E-state index contributed by atoms with van der Waals surface area (Å²) in [7, 11) is -5.39. The molecule has 9 rings (SSSR count). The fraction of sp³-hybridized carbons (Fsp3) is 0.412. The van der Waals surface area contributed by atoms with Crippen molar-refractivity contribution in [1.29, 1.82) is 0 Å². The molecule has 6 heterocycles. The van der Waals surface area contributed by atoms with Crippen LogP contribution in [0, 0.1) is 41.5 Å². The van der Waals surface area contributed by atoms with E-state index in [-0.39, 0.29) is 208 Å². The van der Waals surface area contributed by atoms with Crippen LogP contribution >= 0.6 is 7.82 Å². The molecule has 0 fully saturated rings. The van der Waals surface area contributed by atoms with Crippen LogP contribution in [0.2, 0.25) is 0 Å². The van der Waals surface area contributed by atoms with E-state index < -0.39 is 116 Å². The second-order valence-corrected chi connectivity index (χ2v) is 20.8. The summed E-state index contributed by atoms with van der Waals surface area (Å²) in [6.45, 7) is 8.19. The molecule has 0 spiro atoms. The molecule has 0 unspecified atom stereocenters. The maximum Gasteiger partial charge on any atom is 1.00 e. The van der Waals surface area contributed by atoms with Gasteiger partial charge in [-0.1, -0.05) is 0 Å². The Morgan fingerprint density at radius 3 is 0.798 bits per heavy atom. The molecule has 0 radical (unpaired) electrons. The third-order valence-electron chi connectivity index (χ3n) is 13.7. The van der Waals surface area contributed by atoms with Gasteiger partial charge >= 0.3 is 171 Å². The zero-order valence-electron chi connectivity index (χ0n) is 49.3. The third-order valence-corrected chi connectivity index (χ3v) is 13.7. The first-order valence-electron chi connectivity index (χ1n) is 25.6.